The second kappa shape index (κ2) is 21.3. The Bertz CT molecular complexity index is 2060. The Hall–Kier alpha value is -3.62. The molecule has 0 fully saturated rings. The van der Waals surface area contributed by atoms with E-state index in [9.17, 15) is 19.2 Å². The Morgan fingerprint density at radius 2 is 1.02 bits per heavy atom. The second-order valence-corrected chi connectivity index (χ2v) is 25.2. The molecule has 2 heterocycles. The van der Waals surface area contributed by atoms with Crippen molar-refractivity contribution in [3.63, 3.8) is 0 Å². The predicted octanol–water partition coefficient (Wildman–Crippen LogP) is 11.3. The number of hydrogen-bond acceptors (Lipinski definition) is 12. The molecule has 0 aliphatic heterocycles. The van der Waals surface area contributed by atoms with Crippen molar-refractivity contribution in [1.82, 2.24) is 0 Å². The number of ether oxygens (including phenoxy) is 4. The van der Waals surface area contributed by atoms with Crippen LogP contribution in [-0.2, 0) is 36.3 Å². The number of rotatable bonds is 18. The lowest BCUT2D eigenvalue weighted by atomic mass is 10.1. The van der Waals surface area contributed by atoms with Gasteiger partial charge in [0.2, 0.25) is 0 Å². The maximum atomic E-state index is 12.7. The minimum Gasteiger partial charge on any atom is -0.496 e. The molecule has 0 aliphatic rings. The predicted molar refractivity (Wildman–Crippen MR) is 242 cm³/mol. The smallest absolute Gasteiger partial charge is 0.306 e. The Morgan fingerprint density at radius 3 is 1.37 bits per heavy atom. The molecule has 1 N–H and O–H groups in total. The highest BCUT2D eigenvalue weighted by Gasteiger charge is 2.36. The van der Waals surface area contributed by atoms with Crippen molar-refractivity contribution in [2.75, 3.05) is 27.4 Å². The summed E-state index contributed by atoms with van der Waals surface area (Å²) in [4.78, 5) is 50.1. The number of hydrogen-bond donors (Lipinski definition) is 1. The maximum Gasteiger partial charge on any atom is 0.306 e. The average Bonchev–Trinajstić information content (AvgIpc) is 3.75. The van der Waals surface area contributed by atoms with Crippen LogP contribution in [-0.4, -0.2) is 75.6 Å². The van der Waals surface area contributed by atoms with Crippen molar-refractivity contribution >= 4 is 74.7 Å². The Balaban J connectivity index is 0.000000324. The molecule has 0 unspecified atom stereocenters. The summed E-state index contributed by atoms with van der Waals surface area (Å²) in [5.74, 6) is 0.795. The van der Waals surface area contributed by atoms with Gasteiger partial charge >= 0.3 is 11.9 Å². The van der Waals surface area contributed by atoms with Crippen LogP contribution in [0.15, 0.2) is 36.4 Å². The number of aryl methyl sites for hydroxylation is 2. The number of aliphatic hydroxyl groups is 1. The monoisotopic (exact) mass is 870 g/mol. The lowest BCUT2D eigenvalue weighted by Crippen LogP contribution is -2.41. The third kappa shape index (κ3) is 15.7. The summed E-state index contributed by atoms with van der Waals surface area (Å²) in [6.45, 7) is 23.0. The van der Waals surface area contributed by atoms with Gasteiger partial charge in [0, 0.05) is 35.5 Å². The van der Waals surface area contributed by atoms with Gasteiger partial charge in [0.1, 0.15) is 22.7 Å². The number of carbonyl (C=O) groups is 4. The molecule has 0 spiro atoms. The molecule has 0 aliphatic carbocycles. The SMILES string of the molecule is COc1cc2sc(C(=O)CCC(=O)OC(C)(C)C)cc2cc1CCCO.COc1cc2sc(C(=O)CCC(=O)OC(C)(C)C)cc2cc1CCCO[Si](C)(C)C(C)(C)C. The number of fused-ring (bicyclic) bond motifs is 2. The summed E-state index contributed by atoms with van der Waals surface area (Å²) in [5, 5.41) is 11.2. The number of methoxy groups -OCH3 is 2. The van der Waals surface area contributed by atoms with Crippen LogP contribution >= 0.6 is 22.7 Å². The molecule has 0 atom stereocenters. The van der Waals surface area contributed by atoms with E-state index in [-0.39, 0.29) is 60.8 Å². The topological polar surface area (TPSA) is 135 Å². The molecule has 13 heteroatoms. The van der Waals surface area contributed by atoms with Gasteiger partial charge in [0.15, 0.2) is 19.9 Å². The molecular weight excluding hydrogens is 805 g/mol. The van der Waals surface area contributed by atoms with Crippen molar-refractivity contribution in [2.45, 2.75) is 143 Å². The van der Waals surface area contributed by atoms with E-state index < -0.39 is 19.5 Å². The number of ketones is 2. The van der Waals surface area contributed by atoms with E-state index in [4.69, 9.17) is 28.5 Å². The first kappa shape index (κ1) is 49.7. The van der Waals surface area contributed by atoms with E-state index in [0.717, 1.165) is 62.2 Å². The van der Waals surface area contributed by atoms with Crippen molar-refractivity contribution in [1.29, 1.82) is 0 Å². The number of esters is 2. The highest BCUT2D eigenvalue weighted by atomic mass is 32.1. The van der Waals surface area contributed by atoms with Crippen molar-refractivity contribution in [2.24, 2.45) is 0 Å². The Morgan fingerprint density at radius 1 is 0.610 bits per heavy atom. The summed E-state index contributed by atoms with van der Waals surface area (Å²) in [6, 6.07) is 11.8. The zero-order valence-electron chi connectivity index (χ0n) is 37.5. The van der Waals surface area contributed by atoms with Gasteiger partial charge in [-0.25, -0.2) is 0 Å². The standard InChI is InChI=1S/C26H40O5SSi.C20H26O5S/c1-25(2,3)31-24(28)13-12-20(27)23-16-19-15-18(21(29-7)17-22(19)32-23)11-10-14-30-33(8,9)26(4,5)6;1-20(2,3)25-19(23)8-7-15(22)18-11-14-10-13(6-5-9-21)16(24-4)12-17(14)26-18/h15-17H,10-14H2,1-9H3;10-12,21H,5-9H2,1-4H3. The lowest BCUT2D eigenvalue weighted by molar-refractivity contribution is -0.155. The third-order valence-electron chi connectivity index (χ3n) is 9.80. The molecule has 59 heavy (non-hydrogen) atoms. The minimum atomic E-state index is -1.75. The summed E-state index contributed by atoms with van der Waals surface area (Å²) in [5.41, 5.74) is 1.05. The van der Waals surface area contributed by atoms with E-state index in [2.05, 4.69) is 39.9 Å². The van der Waals surface area contributed by atoms with Crippen LogP contribution in [0.4, 0.5) is 0 Å². The van der Waals surface area contributed by atoms with Crippen LogP contribution in [0.5, 0.6) is 11.5 Å². The van der Waals surface area contributed by atoms with Gasteiger partial charge in [-0.3, -0.25) is 19.2 Å². The zero-order chi connectivity index (χ0) is 44.3. The summed E-state index contributed by atoms with van der Waals surface area (Å²) < 4.78 is 29.9. The number of thiophene rings is 2. The van der Waals surface area contributed by atoms with E-state index in [1.54, 1.807) is 35.0 Å². The molecule has 0 saturated carbocycles. The van der Waals surface area contributed by atoms with Gasteiger partial charge < -0.3 is 28.5 Å². The van der Waals surface area contributed by atoms with Crippen LogP contribution in [0.25, 0.3) is 20.2 Å². The molecular formula is C46H66O10S2Si. The van der Waals surface area contributed by atoms with Crippen LogP contribution in [0.2, 0.25) is 18.1 Å². The first-order chi connectivity index (χ1) is 27.4. The molecule has 0 saturated heterocycles. The number of carbonyl (C=O) groups excluding carboxylic acids is 4. The fourth-order valence-electron chi connectivity index (χ4n) is 5.82. The third-order valence-corrected chi connectivity index (χ3v) is 16.6. The molecule has 0 radical (unpaired) electrons. The van der Waals surface area contributed by atoms with E-state index in [1.807, 2.05) is 51.1 Å². The van der Waals surface area contributed by atoms with Gasteiger partial charge in [-0.05, 0) is 144 Å². The maximum absolute atomic E-state index is 12.7. The first-order valence-electron chi connectivity index (χ1n) is 20.3. The fraction of sp³-hybridized carbons (Fsp3) is 0.565. The molecule has 4 aromatic rings. The van der Waals surface area contributed by atoms with E-state index in [1.165, 1.54) is 22.7 Å². The average molecular weight is 871 g/mol. The van der Waals surface area contributed by atoms with E-state index >= 15 is 0 Å². The van der Waals surface area contributed by atoms with Gasteiger partial charge in [-0.1, -0.05) is 20.8 Å². The van der Waals surface area contributed by atoms with Crippen LogP contribution in [0.3, 0.4) is 0 Å². The molecule has 10 nitrogen and oxygen atoms in total. The van der Waals surface area contributed by atoms with Crippen LogP contribution in [0, 0.1) is 0 Å². The van der Waals surface area contributed by atoms with Gasteiger partial charge in [-0.2, -0.15) is 0 Å². The molecule has 0 bridgehead atoms. The highest BCUT2D eigenvalue weighted by molar-refractivity contribution is 7.21. The molecule has 326 valence electrons. The van der Waals surface area contributed by atoms with Gasteiger partial charge in [0.05, 0.1) is 36.8 Å². The number of aliphatic hydroxyl groups excluding tert-OH is 1. The van der Waals surface area contributed by atoms with Crippen LogP contribution in [0.1, 0.15) is 131 Å². The van der Waals surface area contributed by atoms with E-state index in [0.29, 0.717) is 22.6 Å². The lowest BCUT2D eigenvalue weighted by Gasteiger charge is -2.36. The summed E-state index contributed by atoms with van der Waals surface area (Å²) >= 11 is 2.84. The second-order valence-electron chi connectivity index (χ2n) is 18.2. The van der Waals surface area contributed by atoms with Crippen molar-refractivity contribution in [3.05, 3.63) is 57.3 Å². The molecule has 2 aromatic heterocycles. The van der Waals surface area contributed by atoms with Gasteiger partial charge in [-0.15, -0.1) is 22.7 Å². The number of Topliss-reactive ketones (excluding diaryl/α,β-unsaturated/α-hetero) is 2. The fourth-order valence-corrected chi connectivity index (χ4v) is 8.98. The largest absolute Gasteiger partial charge is 0.496 e. The van der Waals surface area contributed by atoms with Crippen LogP contribution < -0.4 is 9.47 Å². The summed E-state index contributed by atoms with van der Waals surface area (Å²) in [7, 11) is 1.55. The summed E-state index contributed by atoms with van der Waals surface area (Å²) in [6.07, 6.45) is 3.60. The molecule has 0 amide bonds. The molecule has 4 rings (SSSR count). The molecule has 2 aromatic carbocycles. The first-order valence-corrected chi connectivity index (χ1v) is 24.9. The van der Waals surface area contributed by atoms with Crippen molar-refractivity contribution < 1.29 is 47.7 Å². The normalized spacial score (nSPS) is 12.2. The Labute approximate surface area is 360 Å². The van der Waals surface area contributed by atoms with Gasteiger partial charge in [0.25, 0.3) is 0 Å². The highest BCUT2D eigenvalue weighted by Crippen LogP contribution is 2.38. The zero-order valence-corrected chi connectivity index (χ0v) is 40.1. The minimum absolute atomic E-state index is 0.0367. The Kier molecular flexibility index (Phi) is 17.9. The number of benzene rings is 2. The quantitative estimate of drug-likeness (QED) is 0.0445. The van der Waals surface area contributed by atoms with Crippen molar-refractivity contribution in [3.8, 4) is 11.5 Å².